The summed E-state index contributed by atoms with van der Waals surface area (Å²) in [6.45, 7) is 7.14. The van der Waals surface area contributed by atoms with Crippen molar-refractivity contribution in [2.45, 2.75) is 20.4 Å². The highest BCUT2D eigenvalue weighted by Gasteiger charge is 2.12. The molecule has 0 atom stereocenters. The van der Waals surface area contributed by atoms with Gasteiger partial charge in [-0.1, -0.05) is 0 Å². The summed E-state index contributed by atoms with van der Waals surface area (Å²) in [6.07, 6.45) is 1.91. The van der Waals surface area contributed by atoms with E-state index in [-0.39, 0.29) is 18.4 Å². The normalized spacial score (nSPS) is 10.9. The van der Waals surface area contributed by atoms with Crippen LogP contribution in [0.1, 0.15) is 13.8 Å². The number of nitrogens with zero attached hydrogens (tertiary/aromatic N) is 2. The second-order valence-electron chi connectivity index (χ2n) is 6.00. The van der Waals surface area contributed by atoms with Crippen molar-refractivity contribution in [1.29, 1.82) is 0 Å². The molecule has 0 aliphatic carbocycles. The Balaban J connectivity index is 2.00. The predicted molar refractivity (Wildman–Crippen MR) is 103 cm³/mol. The van der Waals surface area contributed by atoms with Gasteiger partial charge in [-0.3, -0.25) is 9.59 Å². The van der Waals surface area contributed by atoms with Crippen molar-refractivity contribution < 1.29 is 14.3 Å². The zero-order valence-corrected chi connectivity index (χ0v) is 15.7. The van der Waals surface area contributed by atoms with Gasteiger partial charge in [-0.2, -0.15) is 0 Å². The molecule has 2 N–H and O–H groups in total. The van der Waals surface area contributed by atoms with Crippen molar-refractivity contribution >= 4 is 28.4 Å². The molecule has 2 aromatic rings. The molecule has 2 amide bonds. The SMILES string of the molecule is CCN(CC)C(=O)Cn1ccc2cc(NC(=O)CNCCOC)ccc21. The van der Waals surface area contributed by atoms with E-state index in [2.05, 4.69) is 10.6 Å². The number of amides is 2. The number of likely N-dealkylation sites (N-methyl/N-ethyl adjacent to an activating group) is 1. The second kappa shape index (κ2) is 9.94. The van der Waals surface area contributed by atoms with Gasteiger partial charge in [0.1, 0.15) is 6.54 Å². The topological polar surface area (TPSA) is 75.6 Å². The van der Waals surface area contributed by atoms with Crippen molar-refractivity contribution in [2.24, 2.45) is 0 Å². The Hall–Kier alpha value is -2.38. The lowest BCUT2D eigenvalue weighted by atomic mass is 10.2. The van der Waals surface area contributed by atoms with E-state index in [1.54, 1.807) is 7.11 Å². The first-order valence-corrected chi connectivity index (χ1v) is 8.95. The number of hydrogen-bond donors (Lipinski definition) is 2. The maximum atomic E-state index is 12.3. The fourth-order valence-electron chi connectivity index (χ4n) is 2.82. The minimum Gasteiger partial charge on any atom is -0.383 e. The first-order valence-electron chi connectivity index (χ1n) is 8.95. The van der Waals surface area contributed by atoms with E-state index >= 15 is 0 Å². The molecule has 1 heterocycles. The number of carbonyl (C=O) groups excluding carboxylic acids is 2. The van der Waals surface area contributed by atoms with Crippen LogP contribution in [-0.4, -0.2) is 61.2 Å². The van der Waals surface area contributed by atoms with Crippen LogP contribution in [0.4, 0.5) is 5.69 Å². The number of fused-ring (bicyclic) bond motifs is 1. The summed E-state index contributed by atoms with van der Waals surface area (Å²) in [7, 11) is 1.62. The van der Waals surface area contributed by atoms with Crippen molar-refractivity contribution in [3.8, 4) is 0 Å². The predicted octanol–water partition coefficient (Wildman–Crippen LogP) is 1.68. The molecule has 0 spiro atoms. The number of anilines is 1. The fourth-order valence-corrected chi connectivity index (χ4v) is 2.82. The monoisotopic (exact) mass is 360 g/mol. The molecule has 0 bridgehead atoms. The Morgan fingerprint density at radius 3 is 2.65 bits per heavy atom. The van der Waals surface area contributed by atoms with Gasteiger partial charge in [0, 0.05) is 49.5 Å². The number of carbonyl (C=O) groups is 2. The molecule has 7 nitrogen and oxygen atoms in total. The molecule has 0 unspecified atom stereocenters. The molecular formula is C19H28N4O3. The van der Waals surface area contributed by atoms with Gasteiger partial charge < -0.3 is 24.8 Å². The van der Waals surface area contributed by atoms with Crippen molar-refractivity contribution in [2.75, 3.05) is 45.2 Å². The zero-order chi connectivity index (χ0) is 18.9. The maximum Gasteiger partial charge on any atom is 0.242 e. The molecular weight excluding hydrogens is 332 g/mol. The van der Waals surface area contributed by atoms with Crippen LogP contribution in [-0.2, 0) is 20.9 Å². The minimum atomic E-state index is -0.100. The molecule has 1 aromatic carbocycles. The lowest BCUT2D eigenvalue weighted by molar-refractivity contribution is -0.131. The van der Waals surface area contributed by atoms with E-state index in [4.69, 9.17) is 4.74 Å². The standard InChI is InChI=1S/C19H28N4O3/c1-4-22(5-2)19(25)14-23-10-8-15-12-16(6-7-17(15)23)21-18(24)13-20-9-11-26-3/h6-8,10,12,20H,4-5,9,11,13-14H2,1-3H3,(H,21,24). The van der Waals surface area contributed by atoms with Gasteiger partial charge >= 0.3 is 0 Å². The van der Waals surface area contributed by atoms with E-state index in [0.717, 1.165) is 16.6 Å². The van der Waals surface area contributed by atoms with E-state index in [1.165, 1.54) is 0 Å². The Labute approximate surface area is 154 Å². The van der Waals surface area contributed by atoms with Crippen LogP contribution in [0.2, 0.25) is 0 Å². The van der Waals surface area contributed by atoms with Crippen molar-refractivity contribution in [3.63, 3.8) is 0 Å². The van der Waals surface area contributed by atoms with Crippen LogP contribution >= 0.6 is 0 Å². The van der Waals surface area contributed by atoms with Crippen LogP contribution in [0.3, 0.4) is 0 Å². The molecule has 142 valence electrons. The van der Waals surface area contributed by atoms with E-state index in [9.17, 15) is 9.59 Å². The third kappa shape index (κ3) is 5.31. The Morgan fingerprint density at radius 2 is 1.96 bits per heavy atom. The number of aromatic nitrogens is 1. The average molecular weight is 360 g/mol. The summed E-state index contributed by atoms with van der Waals surface area (Å²) < 4.78 is 6.86. The molecule has 0 saturated carbocycles. The Kier molecular flexibility index (Phi) is 7.62. The third-order valence-electron chi connectivity index (χ3n) is 4.25. The largest absolute Gasteiger partial charge is 0.383 e. The smallest absolute Gasteiger partial charge is 0.242 e. The highest BCUT2D eigenvalue weighted by molar-refractivity contribution is 5.95. The molecule has 0 aliphatic heterocycles. The Morgan fingerprint density at radius 1 is 1.19 bits per heavy atom. The van der Waals surface area contributed by atoms with E-state index in [0.29, 0.717) is 32.8 Å². The summed E-state index contributed by atoms with van der Waals surface area (Å²) >= 11 is 0. The van der Waals surface area contributed by atoms with Crippen molar-refractivity contribution in [3.05, 3.63) is 30.5 Å². The van der Waals surface area contributed by atoms with Crippen LogP contribution in [0.5, 0.6) is 0 Å². The van der Waals surface area contributed by atoms with Crippen LogP contribution < -0.4 is 10.6 Å². The van der Waals surface area contributed by atoms with Crippen LogP contribution in [0.25, 0.3) is 10.9 Å². The minimum absolute atomic E-state index is 0.100. The first kappa shape index (κ1) is 19.9. The summed E-state index contributed by atoms with van der Waals surface area (Å²) in [5.41, 5.74) is 1.71. The number of hydrogen-bond acceptors (Lipinski definition) is 4. The number of benzene rings is 1. The summed E-state index contributed by atoms with van der Waals surface area (Å²) in [6, 6.07) is 7.66. The number of methoxy groups -OCH3 is 1. The Bertz CT molecular complexity index is 737. The molecule has 0 radical (unpaired) electrons. The number of nitrogens with one attached hydrogen (secondary N) is 2. The van der Waals surface area contributed by atoms with Crippen LogP contribution in [0.15, 0.2) is 30.5 Å². The molecule has 2 rings (SSSR count). The number of rotatable bonds is 10. The molecule has 0 aliphatic rings. The first-order chi connectivity index (χ1) is 12.6. The van der Waals surface area contributed by atoms with Gasteiger partial charge in [0.2, 0.25) is 11.8 Å². The van der Waals surface area contributed by atoms with Gasteiger partial charge in [0.15, 0.2) is 0 Å². The van der Waals surface area contributed by atoms with Gasteiger partial charge in [-0.15, -0.1) is 0 Å². The van der Waals surface area contributed by atoms with Gasteiger partial charge in [0.25, 0.3) is 0 Å². The molecule has 26 heavy (non-hydrogen) atoms. The zero-order valence-electron chi connectivity index (χ0n) is 15.7. The maximum absolute atomic E-state index is 12.3. The lowest BCUT2D eigenvalue weighted by Gasteiger charge is -2.19. The summed E-state index contributed by atoms with van der Waals surface area (Å²) in [5, 5.41) is 6.87. The van der Waals surface area contributed by atoms with Gasteiger partial charge in [-0.25, -0.2) is 0 Å². The highest BCUT2D eigenvalue weighted by Crippen LogP contribution is 2.20. The summed E-state index contributed by atoms with van der Waals surface area (Å²) in [5.74, 6) is 0.00334. The average Bonchev–Trinajstić information content (AvgIpc) is 3.02. The van der Waals surface area contributed by atoms with E-state index < -0.39 is 0 Å². The van der Waals surface area contributed by atoms with Crippen LogP contribution in [0, 0.1) is 0 Å². The summed E-state index contributed by atoms with van der Waals surface area (Å²) in [4.78, 5) is 26.1. The third-order valence-corrected chi connectivity index (χ3v) is 4.25. The lowest BCUT2D eigenvalue weighted by Crippen LogP contribution is -2.33. The molecule has 1 aromatic heterocycles. The van der Waals surface area contributed by atoms with Gasteiger partial charge in [-0.05, 0) is 38.1 Å². The fraction of sp³-hybridized carbons (Fsp3) is 0.474. The van der Waals surface area contributed by atoms with Crippen molar-refractivity contribution in [1.82, 2.24) is 14.8 Å². The van der Waals surface area contributed by atoms with Gasteiger partial charge in [0.05, 0.1) is 13.2 Å². The second-order valence-corrected chi connectivity index (χ2v) is 6.00. The van der Waals surface area contributed by atoms with E-state index in [1.807, 2.05) is 53.8 Å². The number of ether oxygens (including phenoxy) is 1. The molecule has 0 saturated heterocycles. The molecule has 7 heteroatoms. The highest BCUT2D eigenvalue weighted by atomic mass is 16.5. The quantitative estimate of drug-likeness (QED) is 0.632. The molecule has 0 fully saturated rings.